The lowest BCUT2D eigenvalue weighted by molar-refractivity contribution is -0.133. The summed E-state index contributed by atoms with van der Waals surface area (Å²) < 4.78 is 5.42. The second kappa shape index (κ2) is 7.31. The van der Waals surface area contributed by atoms with Gasteiger partial charge in [-0.2, -0.15) is 0 Å². The van der Waals surface area contributed by atoms with E-state index >= 15 is 0 Å². The molecule has 88 valence electrons. The van der Waals surface area contributed by atoms with Crippen LogP contribution in [0, 0.1) is 0 Å². The summed E-state index contributed by atoms with van der Waals surface area (Å²) in [6.45, 7) is 1.92. The van der Waals surface area contributed by atoms with E-state index in [4.69, 9.17) is 27.9 Å². The first-order chi connectivity index (χ1) is 7.27. The van der Waals surface area contributed by atoms with Crippen molar-refractivity contribution in [2.45, 2.75) is 25.4 Å². The summed E-state index contributed by atoms with van der Waals surface area (Å²) in [6.07, 6.45) is 2.61. The summed E-state index contributed by atoms with van der Waals surface area (Å²) in [5.74, 6) is 1.01. The van der Waals surface area contributed by atoms with Gasteiger partial charge in [-0.1, -0.05) is 0 Å². The molecule has 0 saturated carbocycles. The predicted molar refractivity (Wildman–Crippen MR) is 61.6 cm³/mol. The Morgan fingerprint density at radius 3 is 2.47 bits per heavy atom. The minimum atomic E-state index is 0.100. The third-order valence-corrected chi connectivity index (χ3v) is 2.83. The van der Waals surface area contributed by atoms with Gasteiger partial charge in [-0.05, 0) is 12.8 Å². The molecule has 0 spiro atoms. The predicted octanol–water partition coefficient (Wildman–Crippen LogP) is 1.86. The van der Waals surface area contributed by atoms with Crippen LogP contribution < -0.4 is 0 Å². The Balaban J connectivity index is 2.33. The second-order valence-electron chi connectivity index (χ2n) is 3.60. The maximum atomic E-state index is 11.8. The van der Waals surface area contributed by atoms with E-state index in [0.717, 1.165) is 19.4 Å². The number of hydrogen-bond donors (Lipinski definition) is 0. The molecule has 1 fully saturated rings. The number of halogens is 2. The van der Waals surface area contributed by atoms with Gasteiger partial charge in [0.15, 0.2) is 0 Å². The van der Waals surface area contributed by atoms with E-state index in [-0.39, 0.29) is 12.0 Å². The first-order valence-corrected chi connectivity index (χ1v) is 6.36. The molecule has 5 heteroatoms. The maximum absolute atomic E-state index is 11.8. The van der Waals surface area contributed by atoms with Crippen LogP contribution in [0.15, 0.2) is 0 Å². The molecule has 0 N–H and O–H groups in total. The Morgan fingerprint density at radius 1 is 1.33 bits per heavy atom. The molecule has 3 nitrogen and oxygen atoms in total. The molecule has 0 aromatic rings. The van der Waals surface area contributed by atoms with Crippen molar-refractivity contribution in [1.82, 2.24) is 4.90 Å². The average molecular weight is 254 g/mol. The van der Waals surface area contributed by atoms with Crippen molar-refractivity contribution in [1.29, 1.82) is 0 Å². The molecule has 0 aromatic carbocycles. The van der Waals surface area contributed by atoms with Crippen molar-refractivity contribution < 1.29 is 9.53 Å². The largest absolute Gasteiger partial charge is 0.378 e. The zero-order chi connectivity index (χ0) is 11.1. The zero-order valence-corrected chi connectivity index (χ0v) is 10.3. The number of amides is 1. The molecular formula is C10H17Cl2NO2. The number of alkyl halides is 2. The van der Waals surface area contributed by atoms with Crippen LogP contribution in [-0.4, -0.2) is 48.4 Å². The van der Waals surface area contributed by atoms with E-state index in [1.807, 2.05) is 0 Å². The van der Waals surface area contributed by atoms with Crippen LogP contribution in [0.2, 0.25) is 0 Å². The van der Waals surface area contributed by atoms with Crippen molar-refractivity contribution in [2.75, 3.05) is 31.5 Å². The molecule has 0 bridgehead atoms. The van der Waals surface area contributed by atoms with Gasteiger partial charge in [0.05, 0.1) is 12.5 Å². The van der Waals surface area contributed by atoms with Crippen molar-refractivity contribution in [3.05, 3.63) is 0 Å². The summed E-state index contributed by atoms with van der Waals surface area (Å²) in [4.78, 5) is 13.5. The Kier molecular flexibility index (Phi) is 6.37. The zero-order valence-electron chi connectivity index (χ0n) is 8.75. The highest BCUT2D eigenvalue weighted by molar-refractivity contribution is 6.18. The molecular weight excluding hydrogens is 237 g/mol. The van der Waals surface area contributed by atoms with E-state index in [2.05, 4.69) is 0 Å². The fourth-order valence-electron chi connectivity index (χ4n) is 1.69. The number of carbonyl (C=O) groups excluding carboxylic acids is 1. The van der Waals surface area contributed by atoms with Crippen molar-refractivity contribution in [2.24, 2.45) is 0 Å². The van der Waals surface area contributed by atoms with Gasteiger partial charge in [0, 0.05) is 31.5 Å². The van der Waals surface area contributed by atoms with E-state index in [9.17, 15) is 4.79 Å². The van der Waals surface area contributed by atoms with Gasteiger partial charge in [-0.3, -0.25) is 4.79 Å². The lowest BCUT2D eigenvalue weighted by atomic mass is 10.1. The third kappa shape index (κ3) is 4.58. The molecule has 1 atom stereocenters. The molecule has 0 aromatic heterocycles. The fourth-order valence-corrected chi connectivity index (χ4v) is 2.10. The van der Waals surface area contributed by atoms with Gasteiger partial charge in [-0.15, -0.1) is 23.2 Å². The number of carbonyl (C=O) groups is 1. The van der Waals surface area contributed by atoms with Gasteiger partial charge in [-0.25, -0.2) is 0 Å². The van der Waals surface area contributed by atoms with Crippen LogP contribution in [0.25, 0.3) is 0 Å². The van der Waals surface area contributed by atoms with Crippen LogP contribution in [0.5, 0.6) is 0 Å². The smallest absolute Gasteiger partial charge is 0.225 e. The lowest BCUT2D eigenvalue weighted by Crippen LogP contribution is -2.36. The van der Waals surface area contributed by atoms with Gasteiger partial charge in [0.1, 0.15) is 0 Å². The van der Waals surface area contributed by atoms with E-state index < -0.39 is 0 Å². The summed E-state index contributed by atoms with van der Waals surface area (Å²) in [5.41, 5.74) is 0. The standard InChI is InChI=1S/C10H17Cl2NO2/c11-3-5-13(6-4-12)10(14)8-9-2-1-7-15-9/h9H,1-8H2. The highest BCUT2D eigenvalue weighted by Gasteiger charge is 2.22. The first kappa shape index (κ1) is 13.1. The highest BCUT2D eigenvalue weighted by atomic mass is 35.5. The Labute approximate surface area is 101 Å². The van der Waals surface area contributed by atoms with Gasteiger partial charge in [0.2, 0.25) is 5.91 Å². The fraction of sp³-hybridized carbons (Fsp3) is 0.900. The average Bonchev–Trinajstić information content (AvgIpc) is 2.70. The molecule has 1 amide bonds. The lowest BCUT2D eigenvalue weighted by Gasteiger charge is -2.22. The molecule has 1 aliphatic heterocycles. The van der Waals surface area contributed by atoms with E-state index in [1.54, 1.807) is 4.90 Å². The van der Waals surface area contributed by atoms with Crippen molar-refractivity contribution in [3.63, 3.8) is 0 Å². The molecule has 15 heavy (non-hydrogen) atoms. The highest BCUT2D eigenvalue weighted by Crippen LogP contribution is 2.16. The van der Waals surface area contributed by atoms with Crippen molar-refractivity contribution in [3.8, 4) is 0 Å². The summed E-state index contributed by atoms with van der Waals surface area (Å²) in [7, 11) is 0. The third-order valence-electron chi connectivity index (χ3n) is 2.49. The van der Waals surface area contributed by atoms with Crippen LogP contribution in [0.3, 0.4) is 0 Å². The second-order valence-corrected chi connectivity index (χ2v) is 4.35. The molecule has 1 heterocycles. The van der Waals surface area contributed by atoms with E-state index in [0.29, 0.717) is 31.3 Å². The minimum Gasteiger partial charge on any atom is -0.378 e. The molecule has 1 aliphatic rings. The number of hydrogen-bond acceptors (Lipinski definition) is 2. The number of nitrogens with zero attached hydrogens (tertiary/aromatic N) is 1. The molecule has 0 aliphatic carbocycles. The monoisotopic (exact) mass is 253 g/mol. The van der Waals surface area contributed by atoms with Gasteiger partial charge >= 0.3 is 0 Å². The van der Waals surface area contributed by atoms with Gasteiger partial charge in [0.25, 0.3) is 0 Å². The molecule has 1 rings (SSSR count). The van der Waals surface area contributed by atoms with Crippen LogP contribution in [-0.2, 0) is 9.53 Å². The quantitative estimate of drug-likeness (QED) is 0.677. The Bertz CT molecular complexity index is 190. The molecule has 1 unspecified atom stereocenters. The number of rotatable bonds is 6. The molecule has 0 radical (unpaired) electrons. The van der Waals surface area contributed by atoms with Crippen LogP contribution >= 0.6 is 23.2 Å². The van der Waals surface area contributed by atoms with E-state index in [1.165, 1.54) is 0 Å². The van der Waals surface area contributed by atoms with Gasteiger partial charge < -0.3 is 9.64 Å². The maximum Gasteiger partial charge on any atom is 0.225 e. The topological polar surface area (TPSA) is 29.5 Å². The van der Waals surface area contributed by atoms with Crippen molar-refractivity contribution >= 4 is 29.1 Å². The number of ether oxygens (including phenoxy) is 1. The minimum absolute atomic E-state index is 0.100. The SMILES string of the molecule is O=C(CC1CCCO1)N(CCCl)CCCl. The molecule has 1 saturated heterocycles. The Hall–Kier alpha value is 0.01000. The first-order valence-electron chi connectivity index (χ1n) is 5.29. The summed E-state index contributed by atoms with van der Waals surface area (Å²) in [6, 6.07) is 0. The summed E-state index contributed by atoms with van der Waals surface area (Å²) in [5, 5.41) is 0. The van der Waals surface area contributed by atoms with Crippen LogP contribution in [0.1, 0.15) is 19.3 Å². The summed E-state index contributed by atoms with van der Waals surface area (Å²) >= 11 is 11.2. The Morgan fingerprint density at radius 2 is 2.00 bits per heavy atom. The normalized spacial score (nSPS) is 20.5. The van der Waals surface area contributed by atoms with Crippen LogP contribution in [0.4, 0.5) is 0 Å².